The molecule has 3 aromatic rings. The molecule has 2 aromatic carbocycles. The van der Waals surface area contributed by atoms with Crippen LogP contribution in [0.1, 0.15) is 19.3 Å². The van der Waals surface area contributed by atoms with E-state index in [9.17, 15) is 17.6 Å². The van der Waals surface area contributed by atoms with Crippen molar-refractivity contribution in [2.45, 2.75) is 30.2 Å². The van der Waals surface area contributed by atoms with Gasteiger partial charge in [0.05, 0.1) is 11.7 Å². The van der Waals surface area contributed by atoms with Crippen molar-refractivity contribution in [1.29, 1.82) is 0 Å². The second-order valence-electron chi connectivity index (χ2n) is 6.52. The molecule has 146 valence electrons. The smallest absolute Gasteiger partial charge is 0.246 e. The minimum absolute atomic E-state index is 0.0456. The highest BCUT2D eigenvalue weighted by atomic mass is 32.2. The van der Waals surface area contributed by atoms with Gasteiger partial charge in [-0.3, -0.25) is 4.79 Å². The van der Waals surface area contributed by atoms with Crippen LogP contribution in [0.3, 0.4) is 0 Å². The van der Waals surface area contributed by atoms with Gasteiger partial charge in [-0.15, -0.1) is 0 Å². The molecule has 1 atom stereocenters. The van der Waals surface area contributed by atoms with Crippen molar-refractivity contribution in [3.63, 3.8) is 0 Å². The molecule has 7 nitrogen and oxygen atoms in total. The molecule has 2 heterocycles. The van der Waals surface area contributed by atoms with Gasteiger partial charge >= 0.3 is 0 Å². The Morgan fingerprint density at radius 2 is 2.00 bits per heavy atom. The highest BCUT2D eigenvalue weighted by molar-refractivity contribution is 7.89. The summed E-state index contributed by atoms with van der Waals surface area (Å²) >= 11 is 0.942. The monoisotopic (exact) mass is 420 g/mol. The number of nitrogens with one attached hydrogen (secondary N) is 1. The van der Waals surface area contributed by atoms with Crippen LogP contribution < -0.4 is 5.32 Å². The van der Waals surface area contributed by atoms with Crippen molar-refractivity contribution in [2.75, 3.05) is 11.9 Å². The number of aromatic nitrogens is 2. The summed E-state index contributed by atoms with van der Waals surface area (Å²) in [5.74, 6) is -0.953. The molecule has 10 heteroatoms. The summed E-state index contributed by atoms with van der Waals surface area (Å²) in [7, 11) is -3.95. The lowest BCUT2D eigenvalue weighted by Gasteiger charge is -2.33. The van der Waals surface area contributed by atoms with E-state index in [4.69, 9.17) is 0 Å². The maximum Gasteiger partial charge on any atom is 0.246 e. The fourth-order valence-corrected chi connectivity index (χ4v) is 5.77. The van der Waals surface area contributed by atoms with Gasteiger partial charge in [0.15, 0.2) is 0 Å². The summed E-state index contributed by atoms with van der Waals surface area (Å²) in [5.41, 5.74) is 1.10. The largest absolute Gasteiger partial charge is 0.325 e. The highest BCUT2D eigenvalue weighted by Gasteiger charge is 2.38. The van der Waals surface area contributed by atoms with E-state index in [0.717, 1.165) is 18.1 Å². The summed E-state index contributed by atoms with van der Waals surface area (Å²) in [6.07, 6.45) is 1.79. The second kappa shape index (κ2) is 7.53. The van der Waals surface area contributed by atoms with Crippen LogP contribution in [0.25, 0.3) is 11.0 Å². The van der Waals surface area contributed by atoms with Crippen molar-refractivity contribution < 1.29 is 17.6 Å². The third-order valence-corrected chi connectivity index (χ3v) is 7.17. The zero-order valence-corrected chi connectivity index (χ0v) is 16.3. The Morgan fingerprint density at radius 1 is 1.18 bits per heavy atom. The molecule has 1 amide bonds. The molecule has 1 aliphatic heterocycles. The molecule has 0 radical (unpaired) electrons. The standard InChI is InChI=1S/C18H17FN4O3S2/c19-12-5-3-6-13(11-12)20-18(24)15-8-1-2-10-23(15)28(25,26)16-9-4-7-14-17(16)22-27-21-14/h3-7,9,11,15H,1-2,8,10H2,(H,20,24)/t15-/m0/s1. The van der Waals surface area contributed by atoms with Gasteiger partial charge in [-0.1, -0.05) is 18.6 Å². The molecule has 1 fully saturated rings. The van der Waals surface area contributed by atoms with Gasteiger partial charge in [0.1, 0.15) is 27.8 Å². The van der Waals surface area contributed by atoms with Crippen LogP contribution in [0.5, 0.6) is 0 Å². The van der Waals surface area contributed by atoms with Crippen LogP contribution in [0.2, 0.25) is 0 Å². The number of amides is 1. The molecule has 1 aliphatic rings. The molecule has 1 aromatic heterocycles. The van der Waals surface area contributed by atoms with Gasteiger partial charge in [-0.25, -0.2) is 12.8 Å². The zero-order chi connectivity index (χ0) is 19.7. The van der Waals surface area contributed by atoms with E-state index in [0.29, 0.717) is 29.6 Å². The number of piperidine rings is 1. The average molecular weight is 420 g/mol. The summed E-state index contributed by atoms with van der Waals surface area (Å²) < 4.78 is 49.5. The van der Waals surface area contributed by atoms with E-state index in [1.807, 2.05) is 0 Å². The van der Waals surface area contributed by atoms with Crippen LogP contribution in [-0.2, 0) is 14.8 Å². The maximum atomic E-state index is 13.4. The third kappa shape index (κ3) is 3.50. The summed E-state index contributed by atoms with van der Waals surface area (Å²) in [4.78, 5) is 12.9. The molecule has 28 heavy (non-hydrogen) atoms. The number of anilines is 1. The SMILES string of the molecule is O=C(Nc1cccc(F)c1)[C@@H]1CCCCN1S(=O)(=O)c1cccc2nsnc12. The Hall–Kier alpha value is -2.43. The molecule has 1 saturated heterocycles. The van der Waals surface area contributed by atoms with Crippen molar-refractivity contribution in [2.24, 2.45) is 0 Å². The number of carbonyl (C=O) groups is 1. The Labute approximate surface area is 165 Å². The molecule has 1 N–H and O–H groups in total. The molecule has 0 aliphatic carbocycles. The number of benzene rings is 2. The summed E-state index contributed by atoms with van der Waals surface area (Å²) in [6, 6.07) is 9.43. The molecular formula is C18H17FN4O3S2. The van der Waals surface area contributed by atoms with Gasteiger partial charge in [-0.2, -0.15) is 13.1 Å². The van der Waals surface area contributed by atoms with E-state index in [-0.39, 0.29) is 11.4 Å². The van der Waals surface area contributed by atoms with E-state index < -0.39 is 27.8 Å². The van der Waals surface area contributed by atoms with Crippen molar-refractivity contribution in [3.05, 3.63) is 48.3 Å². The number of rotatable bonds is 4. The second-order valence-corrected chi connectivity index (χ2v) is 8.90. The average Bonchev–Trinajstić information content (AvgIpc) is 3.16. The number of hydrogen-bond acceptors (Lipinski definition) is 6. The van der Waals surface area contributed by atoms with Crippen molar-refractivity contribution >= 4 is 44.4 Å². The van der Waals surface area contributed by atoms with Crippen LogP contribution in [0.4, 0.5) is 10.1 Å². The molecule has 0 saturated carbocycles. The topological polar surface area (TPSA) is 92.3 Å². The Morgan fingerprint density at radius 3 is 2.82 bits per heavy atom. The predicted octanol–water partition coefficient (Wildman–Crippen LogP) is 3.01. The first-order chi connectivity index (χ1) is 13.5. The number of fused-ring (bicyclic) bond motifs is 1. The quantitative estimate of drug-likeness (QED) is 0.700. The first-order valence-corrected chi connectivity index (χ1v) is 10.9. The van der Waals surface area contributed by atoms with Gasteiger partial charge in [0, 0.05) is 12.2 Å². The Balaban J connectivity index is 1.66. The number of sulfonamides is 1. The normalized spacial score (nSPS) is 18.2. The van der Waals surface area contributed by atoms with E-state index in [1.165, 1.54) is 28.6 Å². The minimum Gasteiger partial charge on any atom is -0.325 e. The fourth-order valence-electron chi connectivity index (χ4n) is 3.36. The first-order valence-electron chi connectivity index (χ1n) is 8.76. The molecule has 4 rings (SSSR count). The maximum absolute atomic E-state index is 13.4. The van der Waals surface area contributed by atoms with Gasteiger partial charge in [0.2, 0.25) is 15.9 Å². The lowest BCUT2D eigenvalue weighted by Crippen LogP contribution is -2.49. The highest BCUT2D eigenvalue weighted by Crippen LogP contribution is 2.30. The van der Waals surface area contributed by atoms with Crippen molar-refractivity contribution in [1.82, 2.24) is 13.1 Å². The van der Waals surface area contributed by atoms with Crippen LogP contribution in [0.15, 0.2) is 47.4 Å². The minimum atomic E-state index is -3.95. The van der Waals surface area contributed by atoms with E-state index in [1.54, 1.807) is 18.2 Å². The number of carbonyl (C=O) groups excluding carboxylic acids is 1. The lowest BCUT2D eigenvalue weighted by molar-refractivity contribution is -0.120. The third-order valence-electron chi connectivity index (χ3n) is 4.68. The van der Waals surface area contributed by atoms with Gasteiger partial charge in [-0.05, 0) is 43.2 Å². The summed E-state index contributed by atoms with van der Waals surface area (Å²) in [5, 5.41) is 2.63. The number of halogens is 1. The molecule has 0 bridgehead atoms. The lowest BCUT2D eigenvalue weighted by atomic mass is 10.0. The first kappa shape index (κ1) is 18.9. The molecule has 0 spiro atoms. The van der Waals surface area contributed by atoms with E-state index >= 15 is 0 Å². The zero-order valence-electron chi connectivity index (χ0n) is 14.7. The molecular weight excluding hydrogens is 403 g/mol. The van der Waals surface area contributed by atoms with Crippen LogP contribution in [0, 0.1) is 5.82 Å². The van der Waals surface area contributed by atoms with E-state index in [2.05, 4.69) is 14.1 Å². The van der Waals surface area contributed by atoms with Crippen molar-refractivity contribution in [3.8, 4) is 0 Å². The Bertz CT molecular complexity index is 1130. The van der Waals surface area contributed by atoms with Gasteiger partial charge in [0.25, 0.3) is 0 Å². The predicted molar refractivity (Wildman–Crippen MR) is 104 cm³/mol. The fraction of sp³-hybridized carbons (Fsp3) is 0.278. The van der Waals surface area contributed by atoms with Crippen LogP contribution in [-0.4, -0.2) is 40.0 Å². The molecule has 0 unspecified atom stereocenters. The van der Waals surface area contributed by atoms with Gasteiger partial charge < -0.3 is 5.32 Å². The summed E-state index contributed by atoms with van der Waals surface area (Å²) in [6.45, 7) is 0.234. The number of hydrogen-bond donors (Lipinski definition) is 1. The van der Waals surface area contributed by atoms with Crippen LogP contribution >= 0.6 is 11.7 Å². The Kier molecular flexibility index (Phi) is 5.09. The number of nitrogens with zero attached hydrogens (tertiary/aromatic N) is 3.